The smallest absolute Gasteiger partial charge is 0.142 e. The minimum Gasteiger partial charge on any atom is -0.490 e. The molecule has 1 atom stereocenters. The van der Waals surface area contributed by atoms with Crippen molar-refractivity contribution in [3.05, 3.63) is 42.5 Å². The van der Waals surface area contributed by atoms with Gasteiger partial charge < -0.3 is 15.7 Å². The van der Waals surface area contributed by atoms with E-state index in [1.165, 1.54) is 5.39 Å². The fraction of sp³-hybridized carbons (Fsp3) is 0.267. The molecule has 100 valence electrons. The number of fused-ring (bicyclic) bond motifs is 1. The van der Waals surface area contributed by atoms with Crippen molar-refractivity contribution in [1.82, 2.24) is 0 Å². The highest BCUT2D eigenvalue weighted by molar-refractivity contribution is 5.83. The third-order valence-electron chi connectivity index (χ3n) is 3.04. The van der Waals surface area contributed by atoms with E-state index in [1.807, 2.05) is 43.3 Å². The molecule has 0 saturated carbocycles. The van der Waals surface area contributed by atoms with Crippen LogP contribution in [0.2, 0.25) is 0 Å². The Labute approximate surface area is 112 Å². The molecular weight excluding hydrogens is 240 g/mol. The molecule has 0 amide bonds. The first-order chi connectivity index (χ1) is 9.22. The van der Waals surface area contributed by atoms with Crippen molar-refractivity contribution >= 4 is 16.6 Å². The van der Waals surface area contributed by atoms with E-state index < -0.39 is 0 Å². The number of hydrogen-bond donors (Lipinski definition) is 2. The fourth-order valence-electron chi connectivity index (χ4n) is 1.98. The van der Waals surface area contributed by atoms with E-state index in [-0.39, 0.29) is 11.9 Å². The summed E-state index contributed by atoms with van der Waals surface area (Å²) in [4.78, 5) is 0. The number of hydrogen-bond acceptors (Lipinski definition) is 3. The highest BCUT2D eigenvalue weighted by atomic mass is 16.5. The number of nitrogens with two attached hydrogens (primary N) is 1. The van der Waals surface area contributed by atoms with E-state index in [9.17, 15) is 0 Å². The van der Waals surface area contributed by atoms with Crippen molar-refractivity contribution in [2.24, 2.45) is 10.9 Å². The van der Waals surface area contributed by atoms with E-state index in [2.05, 4.69) is 11.2 Å². The van der Waals surface area contributed by atoms with E-state index >= 15 is 0 Å². The van der Waals surface area contributed by atoms with Crippen LogP contribution in [0.5, 0.6) is 5.75 Å². The summed E-state index contributed by atoms with van der Waals surface area (Å²) < 4.78 is 5.87. The molecule has 0 aromatic heterocycles. The lowest BCUT2D eigenvalue weighted by Crippen LogP contribution is -2.24. The molecule has 0 fully saturated rings. The monoisotopic (exact) mass is 258 g/mol. The van der Waals surface area contributed by atoms with Gasteiger partial charge in [-0.3, -0.25) is 0 Å². The number of ether oxygens (including phenoxy) is 1. The Balaban J connectivity index is 2.15. The quantitative estimate of drug-likeness (QED) is 0.375. The van der Waals surface area contributed by atoms with Crippen molar-refractivity contribution in [3.63, 3.8) is 0 Å². The Hall–Kier alpha value is -2.23. The van der Waals surface area contributed by atoms with Crippen LogP contribution in [0.15, 0.2) is 47.6 Å². The molecule has 4 nitrogen and oxygen atoms in total. The molecule has 0 saturated heterocycles. The van der Waals surface area contributed by atoms with Gasteiger partial charge in [-0.15, -0.1) is 0 Å². The molecule has 0 spiro atoms. The summed E-state index contributed by atoms with van der Waals surface area (Å²) in [7, 11) is 0. The lowest BCUT2D eigenvalue weighted by Gasteiger charge is -2.17. The topological polar surface area (TPSA) is 67.8 Å². The lowest BCUT2D eigenvalue weighted by atomic mass is 10.1. The van der Waals surface area contributed by atoms with Gasteiger partial charge in [0.15, 0.2) is 0 Å². The van der Waals surface area contributed by atoms with Crippen molar-refractivity contribution in [3.8, 4) is 5.75 Å². The van der Waals surface area contributed by atoms with Crippen LogP contribution in [0.1, 0.15) is 19.8 Å². The van der Waals surface area contributed by atoms with Crippen LogP contribution in [0.4, 0.5) is 0 Å². The van der Waals surface area contributed by atoms with Crippen LogP contribution >= 0.6 is 0 Å². The summed E-state index contributed by atoms with van der Waals surface area (Å²) in [6.45, 7) is 2.01. The van der Waals surface area contributed by atoms with Gasteiger partial charge in [-0.05, 0) is 29.3 Å². The molecule has 4 heteroatoms. The maximum absolute atomic E-state index is 8.59. The molecule has 0 radical (unpaired) electrons. The predicted molar refractivity (Wildman–Crippen MR) is 76.7 cm³/mol. The van der Waals surface area contributed by atoms with Crippen molar-refractivity contribution in [2.45, 2.75) is 25.9 Å². The molecule has 0 aliphatic rings. The van der Waals surface area contributed by atoms with Crippen molar-refractivity contribution in [2.75, 3.05) is 0 Å². The number of benzene rings is 2. The molecule has 19 heavy (non-hydrogen) atoms. The second-order valence-corrected chi connectivity index (χ2v) is 4.45. The standard InChI is InChI=1S/C15H18N2O2/c1-2-13(10-15(16)17-18)19-14-8-7-11-5-3-4-6-12(11)9-14/h3-9,13,18H,2,10H2,1H3,(H2,16,17). The van der Waals surface area contributed by atoms with Gasteiger partial charge in [-0.1, -0.05) is 42.4 Å². The maximum Gasteiger partial charge on any atom is 0.142 e. The molecule has 1 unspecified atom stereocenters. The van der Waals surface area contributed by atoms with E-state index in [0.29, 0.717) is 6.42 Å². The molecule has 2 aromatic rings. The van der Waals surface area contributed by atoms with E-state index in [4.69, 9.17) is 15.7 Å². The first-order valence-corrected chi connectivity index (χ1v) is 6.34. The summed E-state index contributed by atoms with van der Waals surface area (Å²) in [6, 6.07) is 14.1. The summed E-state index contributed by atoms with van der Waals surface area (Å²) in [5.41, 5.74) is 5.51. The Bertz CT molecular complexity index is 581. The third kappa shape index (κ3) is 3.37. The highest BCUT2D eigenvalue weighted by Gasteiger charge is 2.11. The van der Waals surface area contributed by atoms with Gasteiger partial charge in [0.05, 0.1) is 0 Å². The largest absolute Gasteiger partial charge is 0.490 e. The van der Waals surface area contributed by atoms with Gasteiger partial charge in [0.25, 0.3) is 0 Å². The third-order valence-corrected chi connectivity index (χ3v) is 3.04. The van der Waals surface area contributed by atoms with Gasteiger partial charge >= 0.3 is 0 Å². The number of rotatable bonds is 5. The zero-order valence-corrected chi connectivity index (χ0v) is 10.9. The van der Waals surface area contributed by atoms with Gasteiger partial charge in [0.2, 0.25) is 0 Å². The average Bonchev–Trinajstić information content (AvgIpc) is 2.46. The van der Waals surface area contributed by atoms with Crippen LogP contribution in [0.3, 0.4) is 0 Å². The zero-order valence-electron chi connectivity index (χ0n) is 10.9. The van der Waals surface area contributed by atoms with Crippen molar-refractivity contribution < 1.29 is 9.94 Å². The van der Waals surface area contributed by atoms with Gasteiger partial charge in [-0.25, -0.2) is 0 Å². The number of oxime groups is 1. The second-order valence-electron chi connectivity index (χ2n) is 4.45. The molecule has 0 aliphatic heterocycles. The van der Waals surface area contributed by atoms with Crippen LogP contribution < -0.4 is 10.5 Å². The first kappa shape index (κ1) is 13.2. The Kier molecular flexibility index (Phi) is 4.23. The first-order valence-electron chi connectivity index (χ1n) is 6.34. The molecule has 0 heterocycles. The molecule has 0 bridgehead atoms. The summed E-state index contributed by atoms with van der Waals surface area (Å²) >= 11 is 0. The van der Waals surface area contributed by atoms with Gasteiger partial charge in [0, 0.05) is 6.42 Å². The second kappa shape index (κ2) is 6.09. The number of amidine groups is 1. The van der Waals surface area contributed by atoms with E-state index in [0.717, 1.165) is 17.6 Å². The average molecular weight is 258 g/mol. The zero-order chi connectivity index (χ0) is 13.7. The Morgan fingerprint density at radius 1 is 1.26 bits per heavy atom. The molecule has 2 rings (SSSR count). The van der Waals surface area contributed by atoms with Gasteiger partial charge in [-0.2, -0.15) is 0 Å². The fourth-order valence-corrected chi connectivity index (χ4v) is 1.98. The summed E-state index contributed by atoms with van der Waals surface area (Å²) in [5, 5.41) is 13.9. The van der Waals surface area contributed by atoms with E-state index in [1.54, 1.807) is 0 Å². The summed E-state index contributed by atoms with van der Waals surface area (Å²) in [5.74, 6) is 0.990. The minimum atomic E-state index is -0.0861. The highest BCUT2D eigenvalue weighted by Crippen LogP contribution is 2.22. The molecule has 0 aliphatic carbocycles. The number of nitrogens with zero attached hydrogens (tertiary/aromatic N) is 1. The van der Waals surface area contributed by atoms with Crippen LogP contribution in [0, 0.1) is 0 Å². The summed E-state index contributed by atoms with van der Waals surface area (Å²) in [6.07, 6.45) is 1.13. The molecule has 3 N–H and O–H groups in total. The maximum atomic E-state index is 8.59. The molecular formula is C15H18N2O2. The predicted octanol–water partition coefficient (Wildman–Crippen LogP) is 3.13. The normalized spacial score (nSPS) is 13.4. The van der Waals surface area contributed by atoms with Crippen molar-refractivity contribution in [1.29, 1.82) is 0 Å². The Morgan fingerprint density at radius 3 is 2.68 bits per heavy atom. The Morgan fingerprint density at radius 2 is 2.00 bits per heavy atom. The van der Waals surface area contributed by atoms with Crippen LogP contribution in [-0.4, -0.2) is 17.1 Å². The van der Waals surface area contributed by atoms with Gasteiger partial charge in [0.1, 0.15) is 17.7 Å². The molecule has 2 aromatic carbocycles. The lowest BCUT2D eigenvalue weighted by molar-refractivity contribution is 0.203. The minimum absolute atomic E-state index is 0.0861. The van der Waals surface area contributed by atoms with Crippen LogP contribution in [-0.2, 0) is 0 Å². The SMILES string of the molecule is CCC(C/C(N)=N/O)Oc1ccc2ccccc2c1. The van der Waals surface area contributed by atoms with Crippen LogP contribution in [0.25, 0.3) is 10.8 Å².